The second-order valence-corrected chi connectivity index (χ2v) is 6.66. The van der Waals surface area contributed by atoms with E-state index in [1.54, 1.807) is 12.1 Å². The van der Waals surface area contributed by atoms with Gasteiger partial charge in [0.05, 0.1) is 12.2 Å². The molecule has 2 rings (SSSR count). The SMILES string of the molecule is CCCCOc1ccc(C#CC=CC2CCC(CC)CC2)c(F)c1. The summed E-state index contributed by atoms with van der Waals surface area (Å²) in [6, 6.07) is 4.91. The van der Waals surface area contributed by atoms with Crippen LogP contribution in [0.25, 0.3) is 0 Å². The number of benzene rings is 1. The molecule has 0 spiro atoms. The standard InChI is InChI=1S/C22H29FO/c1-3-5-16-24-21-15-14-20(22(23)17-21)9-7-6-8-19-12-10-18(4-2)11-13-19/h6,8,14-15,17-19H,3-5,10-13,16H2,1-2H3. The van der Waals surface area contributed by atoms with Crippen LogP contribution in [-0.4, -0.2) is 6.61 Å². The smallest absolute Gasteiger partial charge is 0.142 e. The summed E-state index contributed by atoms with van der Waals surface area (Å²) < 4.78 is 19.5. The Hall–Kier alpha value is -1.75. The summed E-state index contributed by atoms with van der Waals surface area (Å²) in [6.45, 7) is 5.01. The maximum atomic E-state index is 14.0. The van der Waals surface area contributed by atoms with Gasteiger partial charge >= 0.3 is 0 Å². The Kier molecular flexibility index (Phi) is 7.89. The summed E-state index contributed by atoms with van der Waals surface area (Å²) in [6.07, 6.45) is 12.6. The highest BCUT2D eigenvalue weighted by Gasteiger charge is 2.17. The molecule has 0 atom stereocenters. The van der Waals surface area contributed by atoms with Crippen molar-refractivity contribution >= 4 is 0 Å². The van der Waals surface area contributed by atoms with E-state index < -0.39 is 0 Å². The van der Waals surface area contributed by atoms with Gasteiger partial charge in [-0.1, -0.05) is 44.6 Å². The summed E-state index contributed by atoms with van der Waals surface area (Å²) in [5.74, 6) is 7.69. The van der Waals surface area contributed by atoms with Crippen molar-refractivity contribution in [2.75, 3.05) is 6.61 Å². The second kappa shape index (κ2) is 10.2. The first-order valence-electron chi connectivity index (χ1n) is 9.33. The molecule has 0 unspecified atom stereocenters. The predicted molar refractivity (Wildman–Crippen MR) is 98.6 cm³/mol. The maximum absolute atomic E-state index is 14.0. The van der Waals surface area contributed by atoms with Crippen molar-refractivity contribution in [3.8, 4) is 17.6 Å². The molecule has 0 radical (unpaired) electrons. The highest BCUT2D eigenvalue weighted by molar-refractivity contribution is 5.41. The van der Waals surface area contributed by atoms with Gasteiger partial charge in [0.1, 0.15) is 11.6 Å². The number of rotatable bonds is 6. The van der Waals surface area contributed by atoms with E-state index in [2.05, 4.69) is 31.8 Å². The van der Waals surface area contributed by atoms with Gasteiger partial charge < -0.3 is 4.74 Å². The fourth-order valence-corrected chi connectivity index (χ4v) is 3.11. The lowest BCUT2D eigenvalue weighted by Crippen LogP contribution is -2.11. The molecule has 0 saturated heterocycles. The number of allylic oxidation sites excluding steroid dienone is 2. The molecule has 0 bridgehead atoms. The molecule has 1 nitrogen and oxygen atoms in total. The Bertz CT molecular complexity index is 586. The van der Waals surface area contributed by atoms with Crippen LogP contribution in [0.3, 0.4) is 0 Å². The molecule has 0 aliphatic heterocycles. The molecule has 1 aliphatic rings. The zero-order valence-electron chi connectivity index (χ0n) is 15.0. The molecular weight excluding hydrogens is 299 g/mol. The highest BCUT2D eigenvalue weighted by atomic mass is 19.1. The third-order valence-electron chi connectivity index (χ3n) is 4.83. The van der Waals surface area contributed by atoms with Crippen molar-refractivity contribution in [3.05, 3.63) is 41.7 Å². The quantitative estimate of drug-likeness (QED) is 0.451. The average Bonchev–Trinajstić information content (AvgIpc) is 2.61. The number of ether oxygens (including phenoxy) is 1. The number of hydrogen-bond donors (Lipinski definition) is 0. The number of halogens is 1. The minimum atomic E-state index is -0.312. The van der Waals surface area contributed by atoms with Crippen LogP contribution in [0.4, 0.5) is 4.39 Å². The molecule has 24 heavy (non-hydrogen) atoms. The highest BCUT2D eigenvalue weighted by Crippen LogP contribution is 2.31. The summed E-state index contributed by atoms with van der Waals surface area (Å²) in [5, 5.41) is 0. The van der Waals surface area contributed by atoms with Crippen LogP contribution in [-0.2, 0) is 0 Å². The minimum Gasteiger partial charge on any atom is -0.493 e. The molecule has 130 valence electrons. The van der Waals surface area contributed by atoms with Crippen molar-refractivity contribution in [2.45, 2.75) is 58.8 Å². The van der Waals surface area contributed by atoms with Crippen molar-refractivity contribution < 1.29 is 9.13 Å². The molecular formula is C22H29FO. The van der Waals surface area contributed by atoms with E-state index in [0.29, 0.717) is 23.8 Å². The van der Waals surface area contributed by atoms with Crippen molar-refractivity contribution in [1.82, 2.24) is 0 Å². The van der Waals surface area contributed by atoms with E-state index in [9.17, 15) is 4.39 Å². The minimum absolute atomic E-state index is 0.312. The molecule has 0 aromatic heterocycles. The first-order chi connectivity index (χ1) is 11.7. The van der Waals surface area contributed by atoms with Crippen LogP contribution in [0.1, 0.15) is 64.4 Å². The van der Waals surface area contributed by atoms with Gasteiger partial charge in [-0.05, 0) is 62.1 Å². The van der Waals surface area contributed by atoms with Gasteiger partial charge in [0, 0.05) is 6.07 Å². The van der Waals surface area contributed by atoms with E-state index in [0.717, 1.165) is 18.8 Å². The Morgan fingerprint density at radius 1 is 1.21 bits per heavy atom. The van der Waals surface area contributed by atoms with Crippen LogP contribution in [0.5, 0.6) is 5.75 Å². The van der Waals surface area contributed by atoms with E-state index >= 15 is 0 Å². The summed E-state index contributed by atoms with van der Waals surface area (Å²) in [7, 11) is 0. The van der Waals surface area contributed by atoms with Gasteiger partial charge in [0.25, 0.3) is 0 Å². The van der Waals surface area contributed by atoms with Gasteiger partial charge in [-0.3, -0.25) is 0 Å². The first kappa shape index (κ1) is 18.6. The lowest BCUT2D eigenvalue weighted by Gasteiger charge is -2.25. The maximum Gasteiger partial charge on any atom is 0.142 e. The van der Waals surface area contributed by atoms with Crippen LogP contribution in [0.2, 0.25) is 0 Å². The van der Waals surface area contributed by atoms with Crippen LogP contribution in [0, 0.1) is 29.5 Å². The number of hydrogen-bond acceptors (Lipinski definition) is 1. The normalized spacial score (nSPS) is 20.6. The lowest BCUT2D eigenvalue weighted by atomic mass is 9.81. The Morgan fingerprint density at radius 3 is 2.67 bits per heavy atom. The van der Waals surface area contributed by atoms with Gasteiger partial charge in [0.15, 0.2) is 0 Å². The van der Waals surface area contributed by atoms with Gasteiger partial charge in [-0.2, -0.15) is 0 Å². The largest absolute Gasteiger partial charge is 0.493 e. The van der Waals surface area contributed by atoms with Crippen molar-refractivity contribution in [3.63, 3.8) is 0 Å². The molecule has 1 fully saturated rings. The first-order valence-corrected chi connectivity index (χ1v) is 9.33. The third kappa shape index (κ3) is 6.04. The van der Waals surface area contributed by atoms with Crippen LogP contribution in [0.15, 0.2) is 30.4 Å². The van der Waals surface area contributed by atoms with E-state index in [1.807, 2.05) is 6.08 Å². The molecule has 0 amide bonds. The van der Waals surface area contributed by atoms with Crippen molar-refractivity contribution in [2.24, 2.45) is 11.8 Å². The summed E-state index contributed by atoms with van der Waals surface area (Å²) in [5.41, 5.74) is 0.428. The average molecular weight is 328 g/mol. The topological polar surface area (TPSA) is 9.23 Å². The summed E-state index contributed by atoms with van der Waals surface area (Å²) >= 11 is 0. The monoisotopic (exact) mass is 328 g/mol. The fraction of sp³-hybridized carbons (Fsp3) is 0.545. The molecule has 1 aromatic carbocycles. The van der Waals surface area contributed by atoms with Crippen LogP contribution >= 0.6 is 0 Å². The fourth-order valence-electron chi connectivity index (χ4n) is 3.11. The molecule has 2 heteroatoms. The number of unbranched alkanes of at least 4 members (excludes halogenated alkanes) is 1. The van der Waals surface area contributed by atoms with Gasteiger partial charge in [-0.15, -0.1) is 0 Å². The van der Waals surface area contributed by atoms with E-state index in [4.69, 9.17) is 4.74 Å². The molecule has 0 N–H and O–H groups in total. The molecule has 0 heterocycles. The zero-order valence-corrected chi connectivity index (χ0v) is 15.0. The second-order valence-electron chi connectivity index (χ2n) is 6.66. The third-order valence-corrected chi connectivity index (χ3v) is 4.83. The molecule has 1 saturated carbocycles. The van der Waals surface area contributed by atoms with Gasteiger partial charge in [-0.25, -0.2) is 4.39 Å². The lowest BCUT2D eigenvalue weighted by molar-refractivity contribution is 0.304. The van der Waals surface area contributed by atoms with Gasteiger partial charge in [0.2, 0.25) is 0 Å². The van der Waals surface area contributed by atoms with E-state index in [-0.39, 0.29) is 5.82 Å². The van der Waals surface area contributed by atoms with E-state index in [1.165, 1.54) is 38.2 Å². The zero-order chi connectivity index (χ0) is 17.2. The Balaban J connectivity index is 1.85. The Morgan fingerprint density at radius 2 is 2.00 bits per heavy atom. The molecule has 1 aliphatic carbocycles. The molecule has 1 aromatic rings. The van der Waals surface area contributed by atoms with Crippen LogP contribution < -0.4 is 4.74 Å². The van der Waals surface area contributed by atoms with Crippen molar-refractivity contribution in [1.29, 1.82) is 0 Å². The summed E-state index contributed by atoms with van der Waals surface area (Å²) in [4.78, 5) is 0. The predicted octanol–water partition coefficient (Wildman–Crippen LogP) is 6.13. The Labute approximate surface area is 146 Å².